The number of aromatic nitrogens is 2. The summed E-state index contributed by atoms with van der Waals surface area (Å²) < 4.78 is 0. The number of nitrogens with zero attached hydrogens (tertiary/aromatic N) is 4. The zero-order valence-electron chi connectivity index (χ0n) is 34.0. The number of aliphatic carboxylic acids is 2. The summed E-state index contributed by atoms with van der Waals surface area (Å²) in [6.07, 6.45) is 17.2. The fourth-order valence-electron chi connectivity index (χ4n) is 8.27. The third kappa shape index (κ3) is 13.8. The van der Waals surface area contributed by atoms with Crippen LogP contribution in [-0.4, -0.2) is 93.7 Å². The van der Waals surface area contributed by atoms with Gasteiger partial charge < -0.3 is 30.6 Å². The average molecular weight is 825 g/mol. The molecule has 314 valence electrons. The Labute approximate surface area is 347 Å². The number of hydrogen-bond donors (Lipinski definition) is 4. The van der Waals surface area contributed by atoms with Gasteiger partial charge in [-0.15, -0.1) is 23.5 Å². The molecule has 14 heteroatoms. The summed E-state index contributed by atoms with van der Waals surface area (Å²) in [5.41, 5.74) is 1.30. The van der Waals surface area contributed by atoms with E-state index in [4.69, 9.17) is 15.1 Å². The quantitative estimate of drug-likeness (QED) is 0.127. The van der Waals surface area contributed by atoms with Gasteiger partial charge in [-0.05, 0) is 106 Å². The molecular formula is C43H64N6O6S2. The summed E-state index contributed by atoms with van der Waals surface area (Å²) in [4.78, 5) is 62.1. The molecule has 57 heavy (non-hydrogen) atoms. The van der Waals surface area contributed by atoms with Gasteiger partial charge in [0, 0.05) is 44.7 Å². The van der Waals surface area contributed by atoms with E-state index in [1.807, 2.05) is 29.2 Å². The van der Waals surface area contributed by atoms with Crippen molar-refractivity contribution in [3.8, 4) is 0 Å². The first kappa shape index (κ1) is 44.6. The second kappa shape index (κ2) is 23.2. The van der Waals surface area contributed by atoms with E-state index in [9.17, 15) is 24.3 Å². The van der Waals surface area contributed by atoms with Gasteiger partial charge in [0.05, 0.1) is 17.0 Å². The molecule has 4 fully saturated rings. The first-order valence-electron chi connectivity index (χ1n) is 21.5. The fourth-order valence-corrected chi connectivity index (χ4v) is 10.0. The molecule has 0 spiro atoms. The lowest BCUT2D eigenvalue weighted by atomic mass is 9.95. The summed E-state index contributed by atoms with van der Waals surface area (Å²) >= 11 is 3.24. The molecule has 0 bridgehead atoms. The van der Waals surface area contributed by atoms with E-state index < -0.39 is 11.9 Å². The SMILES string of the molecule is CCCSc1nc(N2CCCC(C(=O)O)C2)ccc1C(=O)NC1CCCCC1.CCCSc1nc(N2CCC[C@H](CC(=O)O)C2)ccc1C(=O)NC1CCCCC1. The predicted octanol–water partition coefficient (Wildman–Crippen LogP) is 8.28. The van der Waals surface area contributed by atoms with Gasteiger partial charge in [-0.3, -0.25) is 19.2 Å². The third-order valence-corrected chi connectivity index (χ3v) is 13.7. The van der Waals surface area contributed by atoms with Crippen molar-refractivity contribution < 1.29 is 29.4 Å². The lowest BCUT2D eigenvalue weighted by Crippen LogP contribution is -2.39. The summed E-state index contributed by atoms with van der Waals surface area (Å²) in [5.74, 6) is 1.73. The number of carbonyl (C=O) groups excluding carboxylic acids is 2. The minimum Gasteiger partial charge on any atom is -0.481 e. The highest BCUT2D eigenvalue weighted by Gasteiger charge is 2.28. The molecule has 6 rings (SSSR count). The predicted molar refractivity (Wildman–Crippen MR) is 229 cm³/mol. The molecule has 2 atom stereocenters. The molecule has 4 N–H and O–H groups in total. The lowest BCUT2D eigenvalue weighted by Gasteiger charge is -2.33. The lowest BCUT2D eigenvalue weighted by molar-refractivity contribution is -0.142. The Bertz CT molecular complexity index is 1640. The van der Waals surface area contributed by atoms with Crippen LogP contribution in [0.2, 0.25) is 0 Å². The second-order valence-electron chi connectivity index (χ2n) is 16.0. The second-order valence-corrected chi connectivity index (χ2v) is 18.2. The largest absolute Gasteiger partial charge is 0.481 e. The smallest absolute Gasteiger partial charge is 0.308 e. The van der Waals surface area contributed by atoms with Gasteiger partial charge in [0.1, 0.15) is 21.7 Å². The van der Waals surface area contributed by atoms with E-state index in [1.165, 1.54) is 38.5 Å². The van der Waals surface area contributed by atoms with Crippen LogP contribution < -0.4 is 20.4 Å². The molecule has 4 heterocycles. The number of thioether (sulfide) groups is 2. The van der Waals surface area contributed by atoms with Crippen LogP contribution in [-0.2, 0) is 9.59 Å². The summed E-state index contributed by atoms with van der Waals surface area (Å²) in [6, 6.07) is 8.11. The number of carboxylic acids is 2. The molecule has 2 aromatic heterocycles. The maximum absolute atomic E-state index is 12.9. The standard InChI is InChI=1S/C22H33N3O3S.C21H31N3O3S/c1-2-13-29-22-18(21(28)23-17-8-4-3-5-9-17)10-11-19(24-22)25-12-6-7-16(15-25)14-20(26)27;1-2-13-28-20-17(19(25)22-16-8-4-3-5-9-16)10-11-18(23-20)24-12-6-7-15(14-24)21(26)27/h10-11,16-17H,2-9,12-15H2,1H3,(H,23,28)(H,26,27);10-11,15-16H,2-9,12-14H2,1H3,(H,22,25)(H,26,27)/t16-;/m1./s1. The van der Waals surface area contributed by atoms with E-state index in [-0.39, 0.29) is 42.2 Å². The zero-order valence-corrected chi connectivity index (χ0v) is 35.6. The van der Waals surface area contributed by atoms with Crippen molar-refractivity contribution >= 4 is 58.9 Å². The molecule has 12 nitrogen and oxygen atoms in total. The topological polar surface area (TPSA) is 165 Å². The van der Waals surface area contributed by atoms with E-state index in [0.717, 1.165) is 104 Å². The van der Waals surface area contributed by atoms with Crippen molar-refractivity contribution in [2.24, 2.45) is 11.8 Å². The summed E-state index contributed by atoms with van der Waals surface area (Å²) in [5, 5.41) is 26.4. The Kier molecular flexibility index (Phi) is 18.1. The number of pyridine rings is 2. The van der Waals surface area contributed by atoms with Gasteiger partial charge in [-0.1, -0.05) is 52.4 Å². The highest BCUT2D eigenvalue weighted by Crippen LogP contribution is 2.31. The minimum atomic E-state index is -0.742. The van der Waals surface area contributed by atoms with Crippen LogP contribution in [0, 0.1) is 11.8 Å². The average Bonchev–Trinajstić information content (AvgIpc) is 3.22. The van der Waals surface area contributed by atoms with Crippen LogP contribution in [0.5, 0.6) is 0 Å². The summed E-state index contributed by atoms with van der Waals surface area (Å²) in [7, 11) is 0. The monoisotopic (exact) mass is 824 g/mol. The van der Waals surface area contributed by atoms with E-state index in [0.29, 0.717) is 30.6 Å². The molecule has 2 aliphatic carbocycles. The van der Waals surface area contributed by atoms with Crippen molar-refractivity contribution in [1.29, 1.82) is 0 Å². The number of piperidine rings is 2. The number of carboxylic acid groups (broad SMARTS) is 2. The van der Waals surface area contributed by atoms with Crippen LogP contribution >= 0.6 is 23.5 Å². The van der Waals surface area contributed by atoms with Gasteiger partial charge in [-0.2, -0.15) is 0 Å². The normalized spacial score (nSPS) is 20.6. The van der Waals surface area contributed by atoms with Crippen LogP contribution in [0.4, 0.5) is 11.6 Å². The van der Waals surface area contributed by atoms with Crippen LogP contribution in [0.1, 0.15) is 144 Å². The maximum atomic E-state index is 12.9. The molecule has 0 radical (unpaired) electrons. The Balaban J connectivity index is 0.000000218. The number of hydrogen-bond acceptors (Lipinski definition) is 10. The van der Waals surface area contributed by atoms with Crippen molar-refractivity contribution in [2.45, 2.75) is 145 Å². The van der Waals surface area contributed by atoms with Crippen LogP contribution in [0.3, 0.4) is 0 Å². The van der Waals surface area contributed by atoms with Crippen molar-refractivity contribution in [3.63, 3.8) is 0 Å². The van der Waals surface area contributed by atoms with Gasteiger partial charge in [0.15, 0.2) is 0 Å². The molecule has 1 unspecified atom stereocenters. The first-order valence-corrected chi connectivity index (χ1v) is 23.5. The Morgan fingerprint density at radius 2 is 1.12 bits per heavy atom. The van der Waals surface area contributed by atoms with Crippen LogP contribution in [0.15, 0.2) is 34.3 Å². The van der Waals surface area contributed by atoms with Crippen molar-refractivity contribution in [1.82, 2.24) is 20.6 Å². The Morgan fingerprint density at radius 1 is 0.649 bits per heavy atom. The molecule has 2 saturated carbocycles. The van der Waals surface area contributed by atoms with Crippen molar-refractivity contribution in [2.75, 3.05) is 47.5 Å². The first-order chi connectivity index (χ1) is 27.6. The Morgan fingerprint density at radius 3 is 1.58 bits per heavy atom. The molecule has 2 aliphatic heterocycles. The summed E-state index contributed by atoms with van der Waals surface area (Å²) in [6.45, 7) is 7.12. The fraction of sp³-hybridized carbons (Fsp3) is 0.674. The number of amides is 2. The van der Waals surface area contributed by atoms with E-state index >= 15 is 0 Å². The van der Waals surface area contributed by atoms with E-state index in [1.54, 1.807) is 23.5 Å². The molecule has 2 amide bonds. The van der Waals surface area contributed by atoms with Gasteiger partial charge in [0.2, 0.25) is 0 Å². The molecule has 2 aromatic rings. The van der Waals surface area contributed by atoms with Crippen molar-refractivity contribution in [3.05, 3.63) is 35.4 Å². The maximum Gasteiger partial charge on any atom is 0.308 e. The molecule has 4 aliphatic rings. The molecule has 2 saturated heterocycles. The number of anilines is 2. The van der Waals surface area contributed by atoms with Gasteiger partial charge >= 0.3 is 11.9 Å². The van der Waals surface area contributed by atoms with Gasteiger partial charge in [-0.25, -0.2) is 9.97 Å². The van der Waals surface area contributed by atoms with Gasteiger partial charge in [0.25, 0.3) is 11.8 Å². The number of carbonyl (C=O) groups is 4. The van der Waals surface area contributed by atoms with Crippen LogP contribution in [0.25, 0.3) is 0 Å². The zero-order chi connectivity index (χ0) is 40.6. The Hall–Kier alpha value is -3.52. The minimum absolute atomic E-state index is 0.0167. The number of nitrogens with one attached hydrogen (secondary N) is 2. The highest BCUT2D eigenvalue weighted by molar-refractivity contribution is 7.99. The molecular weight excluding hydrogens is 761 g/mol. The van der Waals surface area contributed by atoms with E-state index in [2.05, 4.69) is 29.4 Å². The third-order valence-electron chi connectivity index (χ3n) is 11.3. The number of rotatable bonds is 15. The highest BCUT2D eigenvalue weighted by atomic mass is 32.2. The molecule has 0 aromatic carbocycles.